The largest absolute Gasteiger partial charge is 0.388 e. The highest BCUT2D eigenvalue weighted by atomic mass is 79.9. The van der Waals surface area contributed by atoms with Crippen LogP contribution < -0.4 is 0 Å². The van der Waals surface area contributed by atoms with Crippen LogP contribution in [-0.4, -0.2) is 46.3 Å². The topological polar surface area (TPSA) is 60.8 Å². The number of aliphatic hydroxyl groups excluding tert-OH is 2. The third-order valence-corrected chi connectivity index (χ3v) is 3.39. The third-order valence-electron chi connectivity index (χ3n) is 2.86. The van der Waals surface area contributed by atoms with E-state index in [2.05, 4.69) is 15.9 Å². The van der Waals surface area contributed by atoms with Gasteiger partial charge < -0.3 is 15.1 Å². The number of hydrogen-bond donors (Lipinski definition) is 2. The van der Waals surface area contributed by atoms with Crippen molar-refractivity contribution in [2.24, 2.45) is 0 Å². The number of β-amino-alcohol motifs (C(OH)–C–C–N with tert-alkyl or cyclic N) is 2. The first-order chi connectivity index (χ1) is 8.56. The molecule has 0 bridgehead atoms. The van der Waals surface area contributed by atoms with Crippen LogP contribution in [0.25, 0.3) is 6.08 Å². The van der Waals surface area contributed by atoms with Crippen LogP contribution in [0.3, 0.4) is 0 Å². The molecular weight excluding hydrogens is 298 g/mol. The molecule has 1 saturated heterocycles. The Balaban J connectivity index is 1.97. The van der Waals surface area contributed by atoms with Crippen LogP contribution in [-0.2, 0) is 4.79 Å². The summed E-state index contributed by atoms with van der Waals surface area (Å²) in [6.45, 7) is 0.370. The maximum absolute atomic E-state index is 11.8. The van der Waals surface area contributed by atoms with Crippen molar-refractivity contribution in [3.05, 3.63) is 40.4 Å². The van der Waals surface area contributed by atoms with Crippen LogP contribution in [0.4, 0.5) is 0 Å². The molecule has 1 aliphatic heterocycles. The van der Waals surface area contributed by atoms with Crippen LogP contribution in [0.1, 0.15) is 5.56 Å². The standard InChI is InChI=1S/C13H14BrNO3/c14-10-4-1-9(2-5-10)3-6-13(18)15-7-11(16)12(17)8-15/h1-6,11-12,16-17H,7-8H2/b6-3+. The van der Waals surface area contributed by atoms with Crippen LogP contribution in [0.5, 0.6) is 0 Å². The van der Waals surface area contributed by atoms with Crippen LogP contribution in [0, 0.1) is 0 Å². The van der Waals surface area contributed by atoms with Gasteiger partial charge in [0.05, 0.1) is 12.2 Å². The predicted molar refractivity (Wildman–Crippen MR) is 71.8 cm³/mol. The summed E-state index contributed by atoms with van der Waals surface area (Å²) in [6.07, 6.45) is 1.49. The Morgan fingerprint density at radius 1 is 1.22 bits per heavy atom. The van der Waals surface area contributed by atoms with E-state index in [1.54, 1.807) is 6.08 Å². The molecule has 1 aromatic rings. The first-order valence-corrected chi connectivity index (χ1v) is 6.44. The van der Waals surface area contributed by atoms with Gasteiger partial charge in [-0.15, -0.1) is 0 Å². The number of rotatable bonds is 2. The molecule has 2 rings (SSSR count). The molecule has 0 radical (unpaired) electrons. The van der Waals surface area contributed by atoms with E-state index in [1.165, 1.54) is 11.0 Å². The second-order valence-corrected chi connectivity index (χ2v) is 5.18. The van der Waals surface area contributed by atoms with Crippen LogP contribution in [0.15, 0.2) is 34.8 Å². The molecule has 0 spiro atoms. The Bertz CT molecular complexity index is 448. The number of carbonyl (C=O) groups excluding carboxylic acids is 1. The third kappa shape index (κ3) is 3.19. The van der Waals surface area contributed by atoms with Crippen molar-refractivity contribution >= 4 is 27.9 Å². The fraction of sp³-hybridized carbons (Fsp3) is 0.308. The highest BCUT2D eigenvalue weighted by molar-refractivity contribution is 9.10. The van der Waals surface area contributed by atoms with E-state index in [0.717, 1.165) is 10.0 Å². The second kappa shape index (κ2) is 5.65. The Labute approximate surface area is 114 Å². The zero-order valence-electron chi connectivity index (χ0n) is 9.66. The summed E-state index contributed by atoms with van der Waals surface area (Å²) < 4.78 is 0.983. The highest BCUT2D eigenvalue weighted by Gasteiger charge is 2.31. The molecule has 1 aromatic carbocycles. The van der Waals surface area contributed by atoms with E-state index >= 15 is 0 Å². The lowest BCUT2D eigenvalue weighted by molar-refractivity contribution is -0.125. The summed E-state index contributed by atoms with van der Waals surface area (Å²) in [5.41, 5.74) is 0.923. The van der Waals surface area contributed by atoms with E-state index in [1.807, 2.05) is 24.3 Å². The predicted octanol–water partition coefficient (Wildman–Crippen LogP) is 1.03. The fourth-order valence-corrected chi connectivity index (χ4v) is 2.06. The number of nitrogens with zero attached hydrogens (tertiary/aromatic N) is 1. The summed E-state index contributed by atoms with van der Waals surface area (Å²) in [7, 11) is 0. The van der Waals surface area contributed by atoms with Crippen molar-refractivity contribution in [3.63, 3.8) is 0 Å². The van der Waals surface area contributed by atoms with Gasteiger partial charge in [-0.1, -0.05) is 28.1 Å². The number of aliphatic hydroxyl groups is 2. The van der Waals surface area contributed by atoms with Crippen molar-refractivity contribution in [1.29, 1.82) is 0 Å². The molecule has 1 amide bonds. The van der Waals surface area contributed by atoms with E-state index in [4.69, 9.17) is 0 Å². The van der Waals surface area contributed by atoms with Crippen molar-refractivity contribution in [2.75, 3.05) is 13.1 Å². The number of amides is 1. The summed E-state index contributed by atoms with van der Waals surface area (Å²) >= 11 is 3.34. The van der Waals surface area contributed by atoms with E-state index in [-0.39, 0.29) is 19.0 Å². The molecule has 4 nitrogen and oxygen atoms in total. The van der Waals surface area contributed by atoms with E-state index in [0.29, 0.717) is 0 Å². The molecule has 5 heteroatoms. The SMILES string of the molecule is O=C(/C=C/c1ccc(Br)cc1)N1CC(O)C(O)C1. The van der Waals surface area contributed by atoms with Gasteiger partial charge >= 0.3 is 0 Å². The summed E-state index contributed by atoms with van der Waals surface area (Å²) in [4.78, 5) is 13.2. The number of carbonyl (C=O) groups is 1. The van der Waals surface area contributed by atoms with Crippen molar-refractivity contribution in [2.45, 2.75) is 12.2 Å². The molecule has 1 heterocycles. The molecule has 2 unspecified atom stereocenters. The van der Waals surface area contributed by atoms with Gasteiger partial charge in [-0.2, -0.15) is 0 Å². The van der Waals surface area contributed by atoms with Gasteiger partial charge in [-0.05, 0) is 23.8 Å². The normalized spacial score (nSPS) is 23.8. The average Bonchev–Trinajstić information content (AvgIpc) is 2.69. The first-order valence-electron chi connectivity index (χ1n) is 5.65. The zero-order chi connectivity index (χ0) is 13.1. The van der Waals surface area contributed by atoms with Crippen molar-refractivity contribution < 1.29 is 15.0 Å². The molecule has 96 valence electrons. The molecule has 18 heavy (non-hydrogen) atoms. The average molecular weight is 312 g/mol. The maximum Gasteiger partial charge on any atom is 0.246 e. The molecule has 2 atom stereocenters. The van der Waals surface area contributed by atoms with Gasteiger partial charge in [-0.3, -0.25) is 4.79 Å². The lowest BCUT2D eigenvalue weighted by Gasteiger charge is -2.11. The van der Waals surface area contributed by atoms with Gasteiger partial charge in [-0.25, -0.2) is 0 Å². The molecule has 0 aromatic heterocycles. The van der Waals surface area contributed by atoms with Gasteiger partial charge in [0, 0.05) is 23.6 Å². The highest BCUT2D eigenvalue weighted by Crippen LogP contribution is 2.13. The minimum Gasteiger partial charge on any atom is -0.388 e. The summed E-state index contributed by atoms with van der Waals surface area (Å²) in [5.74, 6) is -0.200. The van der Waals surface area contributed by atoms with Gasteiger partial charge in [0.25, 0.3) is 0 Å². The van der Waals surface area contributed by atoms with E-state index in [9.17, 15) is 15.0 Å². The molecule has 0 aliphatic carbocycles. The first kappa shape index (κ1) is 13.3. The molecule has 1 aliphatic rings. The zero-order valence-corrected chi connectivity index (χ0v) is 11.2. The minimum absolute atomic E-state index is 0.185. The Hall–Kier alpha value is -1.17. The second-order valence-electron chi connectivity index (χ2n) is 4.26. The van der Waals surface area contributed by atoms with Crippen molar-refractivity contribution in [3.8, 4) is 0 Å². The summed E-state index contributed by atoms with van der Waals surface area (Å²) in [6, 6.07) is 7.57. The number of likely N-dealkylation sites (tertiary alicyclic amines) is 1. The molecule has 1 fully saturated rings. The number of hydrogen-bond acceptors (Lipinski definition) is 3. The van der Waals surface area contributed by atoms with E-state index < -0.39 is 12.2 Å². The van der Waals surface area contributed by atoms with Gasteiger partial charge in [0.1, 0.15) is 0 Å². The fourth-order valence-electron chi connectivity index (χ4n) is 1.80. The quantitative estimate of drug-likeness (QED) is 0.802. The van der Waals surface area contributed by atoms with Crippen LogP contribution >= 0.6 is 15.9 Å². The van der Waals surface area contributed by atoms with Gasteiger partial charge in [0.15, 0.2) is 0 Å². The lowest BCUT2D eigenvalue weighted by Crippen LogP contribution is -2.27. The maximum atomic E-state index is 11.8. The smallest absolute Gasteiger partial charge is 0.246 e. The lowest BCUT2D eigenvalue weighted by atomic mass is 10.2. The molecular formula is C13H14BrNO3. The number of halogens is 1. The molecule has 0 saturated carbocycles. The Morgan fingerprint density at radius 2 is 1.78 bits per heavy atom. The van der Waals surface area contributed by atoms with Crippen molar-refractivity contribution in [1.82, 2.24) is 4.90 Å². The summed E-state index contributed by atoms with van der Waals surface area (Å²) in [5, 5.41) is 18.7. The molecule has 2 N–H and O–H groups in total. The van der Waals surface area contributed by atoms with Crippen LogP contribution in [0.2, 0.25) is 0 Å². The Kier molecular flexibility index (Phi) is 4.16. The minimum atomic E-state index is -0.838. The number of benzene rings is 1. The Morgan fingerprint density at radius 3 is 2.33 bits per heavy atom. The van der Waals surface area contributed by atoms with Gasteiger partial charge in [0.2, 0.25) is 5.91 Å². The monoisotopic (exact) mass is 311 g/mol.